The Bertz CT molecular complexity index is 519. The molecule has 4 nitrogen and oxygen atoms in total. The molecule has 0 saturated heterocycles. The van der Waals surface area contributed by atoms with Gasteiger partial charge >= 0.3 is 0 Å². The minimum absolute atomic E-state index is 0.212. The van der Waals surface area contributed by atoms with E-state index in [4.69, 9.17) is 20.9 Å². The van der Waals surface area contributed by atoms with Crippen molar-refractivity contribution < 1.29 is 9.26 Å². The summed E-state index contributed by atoms with van der Waals surface area (Å²) in [4.78, 5) is 4.17. The van der Waals surface area contributed by atoms with Crippen LogP contribution in [0.25, 0.3) is 11.4 Å². The van der Waals surface area contributed by atoms with Gasteiger partial charge in [0.2, 0.25) is 11.7 Å². The maximum atomic E-state index is 5.61. The molecule has 1 aromatic carbocycles. The number of hydrogen-bond acceptors (Lipinski definition) is 4. The summed E-state index contributed by atoms with van der Waals surface area (Å²) in [6, 6.07) is 3.82. The summed E-state index contributed by atoms with van der Waals surface area (Å²) in [6.07, 6.45) is 0. The van der Waals surface area contributed by atoms with Crippen LogP contribution in [-0.2, 0) is 5.88 Å². The average Bonchev–Trinajstić information content (AvgIpc) is 2.77. The van der Waals surface area contributed by atoms with Crippen molar-refractivity contribution in [3.63, 3.8) is 0 Å². The Labute approximate surface area is 112 Å². The maximum Gasteiger partial charge on any atom is 0.241 e. The molecule has 0 N–H and O–H groups in total. The van der Waals surface area contributed by atoms with E-state index in [1.165, 1.54) is 0 Å². The fraction of sp³-hybridized carbons (Fsp3) is 0.273. The van der Waals surface area contributed by atoms with Gasteiger partial charge in [-0.2, -0.15) is 4.98 Å². The van der Waals surface area contributed by atoms with E-state index in [1.54, 1.807) is 7.11 Å². The van der Waals surface area contributed by atoms with Gasteiger partial charge in [0.15, 0.2) is 0 Å². The molecule has 0 atom stereocenters. The van der Waals surface area contributed by atoms with E-state index in [0.717, 1.165) is 21.3 Å². The van der Waals surface area contributed by atoms with Crippen LogP contribution in [0.5, 0.6) is 5.75 Å². The van der Waals surface area contributed by atoms with Gasteiger partial charge in [-0.25, -0.2) is 0 Å². The highest BCUT2D eigenvalue weighted by Gasteiger charge is 2.12. The number of aromatic nitrogens is 2. The quantitative estimate of drug-likeness (QED) is 0.812. The third kappa shape index (κ3) is 2.45. The highest BCUT2D eigenvalue weighted by atomic mass is 79.9. The standard InChI is InChI=1S/C11H10BrClN2O2/c1-6-3-7(4-8(12)10(6)16-2)11-14-9(5-13)17-15-11/h3-4H,5H2,1-2H3. The molecule has 0 fully saturated rings. The van der Waals surface area contributed by atoms with Gasteiger partial charge in [0.1, 0.15) is 11.6 Å². The Morgan fingerprint density at radius 2 is 2.24 bits per heavy atom. The summed E-state index contributed by atoms with van der Waals surface area (Å²) < 4.78 is 11.1. The van der Waals surface area contributed by atoms with Crippen molar-refractivity contribution in [2.75, 3.05) is 7.11 Å². The topological polar surface area (TPSA) is 48.2 Å². The second-order valence-corrected chi connectivity index (χ2v) is 4.58. The summed E-state index contributed by atoms with van der Waals surface area (Å²) in [5.74, 6) is 1.94. The molecule has 6 heteroatoms. The van der Waals surface area contributed by atoms with Crippen molar-refractivity contribution >= 4 is 27.5 Å². The monoisotopic (exact) mass is 316 g/mol. The van der Waals surface area contributed by atoms with Crippen LogP contribution in [0, 0.1) is 6.92 Å². The Kier molecular flexibility index (Phi) is 3.69. The molecule has 0 unspecified atom stereocenters. The molecule has 0 aliphatic rings. The molecule has 2 rings (SSSR count). The van der Waals surface area contributed by atoms with Crippen LogP contribution in [-0.4, -0.2) is 17.3 Å². The zero-order valence-electron chi connectivity index (χ0n) is 9.33. The fourth-order valence-electron chi connectivity index (χ4n) is 1.54. The second-order valence-electron chi connectivity index (χ2n) is 3.45. The molecule has 0 bridgehead atoms. The van der Waals surface area contributed by atoms with E-state index in [0.29, 0.717) is 11.7 Å². The lowest BCUT2D eigenvalue weighted by Crippen LogP contribution is -1.91. The van der Waals surface area contributed by atoms with Gasteiger partial charge in [0, 0.05) is 5.56 Å². The highest BCUT2D eigenvalue weighted by molar-refractivity contribution is 9.10. The van der Waals surface area contributed by atoms with Crippen LogP contribution in [0.2, 0.25) is 0 Å². The van der Waals surface area contributed by atoms with Crippen molar-refractivity contribution in [1.29, 1.82) is 0 Å². The molecule has 0 amide bonds. The molecule has 17 heavy (non-hydrogen) atoms. The van der Waals surface area contributed by atoms with Crippen molar-refractivity contribution in [3.05, 3.63) is 28.1 Å². The zero-order chi connectivity index (χ0) is 12.4. The number of halogens is 2. The zero-order valence-corrected chi connectivity index (χ0v) is 11.7. The van der Waals surface area contributed by atoms with Gasteiger partial charge in [-0.15, -0.1) is 11.6 Å². The number of alkyl halides is 1. The van der Waals surface area contributed by atoms with Crippen molar-refractivity contribution in [3.8, 4) is 17.1 Å². The molecule has 0 spiro atoms. The number of benzene rings is 1. The van der Waals surface area contributed by atoms with Crippen LogP contribution in [0.3, 0.4) is 0 Å². The molecular weight excluding hydrogens is 307 g/mol. The molecular formula is C11H10BrClN2O2. The van der Waals surface area contributed by atoms with Crippen molar-refractivity contribution in [2.45, 2.75) is 12.8 Å². The molecule has 0 saturated carbocycles. The number of nitrogens with zero attached hydrogens (tertiary/aromatic N) is 2. The minimum Gasteiger partial charge on any atom is -0.495 e. The number of aryl methyl sites for hydroxylation is 1. The van der Waals surface area contributed by atoms with Gasteiger partial charge in [-0.05, 0) is 40.5 Å². The minimum atomic E-state index is 0.212. The van der Waals surface area contributed by atoms with E-state index >= 15 is 0 Å². The highest BCUT2D eigenvalue weighted by Crippen LogP contribution is 2.33. The Morgan fingerprint density at radius 1 is 1.47 bits per heavy atom. The van der Waals surface area contributed by atoms with Gasteiger partial charge in [-0.1, -0.05) is 5.16 Å². The first-order chi connectivity index (χ1) is 8.15. The van der Waals surface area contributed by atoms with Gasteiger partial charge in [0.25, 0.3) is 0 Å². The predicted octanol–water partition coefficient (Wildman–Crippen LogP) is 3.55. The normalized spacial score (nSPS) is 10.6. The Hall–Kier alpha value is -1.07. The van der Waals surface area contributed by atoms with Gasteiger partial charge in [0.05, 0.1) is 11.6 Å². The van der Waals surface area contributed by atoms with Gasteiger partial charge < -0.3 is 9.26 Å². The number of methoxy groups -OCH3 is 1. The van der Waals surface area contributed by atoms with Crippen molar-refractivity contribution in [2.24, 2.45) is 0 Å². The fourth-order valence-corrected chi connectivity index (χ4v) is 2.37. The van der Waals surface area contributed by atoms with E-state index in [1.807, 2.05) is 19.1 Å². The molecule has 1 aromatic heterocycles. The molecule has 0 aliphatic heterocycles. The summed E-state index contributed by atoms with van der Waals surface area (Å²) >= 11 is 9.05. The first-order valence-electron chi connectivity index (χ1n) is 4.88. The predicted molar refractivity (Wildman–Crippen MR) is 68.3 cm³/mol. The van der Waals surface area contributed by atoms with Crippen LogP contribution >= 0.6 is 27.5 Å². The number of ether oxygens (including phenoxy) is 1. The number of hydrogen-bond donors (Lipinski definition) is 0. The smallest absolute Gasteiger partial charge is 0.241 e. The average molecular weight is 318 g/mol. The molecule has 0 radical (unpaired) electrons. The van der Waals surface area contributed by atoms with Crippen LogP contribution in [0.15, 0.2) is 21.1 Å². The molecule has 90 valence electrons. The Morgan fingerprint density at radius 3 is 2.76 bits per heavy atom. The van der Waals surface area contributed by atoms with Crippen LogP contribution < -0.4 is 4.74 Å². The first kappa shape index (κ1) is 12.4. The third-order valence-electron chi connectivity index (χ3n) is 2.27. The SMILES string of the molecule is COc1c(C)cc(-c2noc(CCl)n2)cc1Br. The van der Waals surface area contributed by atoms with E-state index in [9.17, 15) is 0 Å². The third-order valence-corrected chi connectivity index (χ3v) is 3.09. The maximum absolute atomic E-state index is 5.61. The lowest BCUT2D eigenvalue weighted by atomic mass is 10.1. The summed E-state index contributed by atoms with van der Waals surface area (Å²) in [7, 11) is 1.63. The first-order valence-corrected chi connectivity index (χ1v) is 6.21. The van der Waals surface area contributed by atoms with E-state index in [-0.39, 0.29) is 5.88 Å². The lowest BCUT2D eigenvalue weighted by molar-refractivity contribution is 0.391. The largest absolute Gasteiger partial charge is 0.495 e. The van der Waals surface area contributed by atoms with Crippen LogP contribution in [0.4, 0.5) is 0 Å². The van der Waals surface area contributed by atoms with E-state index in [2.05, 4.69) is 26.1 Å². The van der Waals surface area contributed by atoms with E-state index < -0.39 is 0 Å². The second kappa shape index (κ2) is 5.06. The summed E-state index contributed by atoms with van der Waals surface area (Å²) in [5, 5.41) is 3.86. The summed E-state index contributed by atoms with van der Waals surface area (Å²) in [6.45, 7) is 1.95. The number of rotatable bonds is 3. The van der Waals surface area contributed by atoms with Crippen LogP contribution in [0.1, 0.15) is 11.5 Å². The molecule has 0 aliphatic carbocycles. The van der Waals surface area contributed by atoms with Crippen molar-refractivity contribution in [1.82, 2.24) is 10.1 Å². The van der Waals surface area contributed by atoms with Gasteiger partial charge in [-0.3, -0.25) is 0 Å². The molecule has 1 heterocycles. The lowest BCUT2D eigenvalue weighted by Gasteiger charge is -2.08. The Balaban J connectivity index is 2.46. The summed E-state index contributed by atoms with van der Waals surface area (Å²) in [5.41, 5.74) is 1.85. The molecule has 2 aromatic rings.